The molecule has 3 nitrogen and oxygen atoms in total. The molecule has 33 heavy (non-hydrogen) atoms. The van der Waals surface area contributed by atoms with Crippen LogP contribution in [0.5, 0.6) is 0 Å². The van der Waals surface area contributed by atoms with Crippen LogP contribution in [0.3, 0.4) is 0 Å². The summed E-state index contributed by atoms with van der Waals surface area (Å²) in [5.74, 6) is 0. The fourth-order valence-electron chi connectivity index (χ4n) is 4.81. The Morgan fingerprint density at radius 2 is 0.909 bits per heavy atom. The Morgan fingerprint density at radius 1 is 0.394 bits per heavy atom. The highest BCUT2D eigenvalue weighted by Crippen LogP contribution is 2.42. The lowest BCUT2D eigenvalue weighted by atomic mass is 10.0. The third-order valence-corrected chi connectivity index (χ3v) is 6.24. The third kappa shape index (κ3) is 2.76. The second kappa shape index (κ2) is 7.01. The van der Waals surface area contributed by atoms with E-state index in [1.165, 1.54) is 0 Å². The molecule has 0 bridgehead atoms. The van der Waals surface area contributed by atoms with Crippen molar-refractivity contribution in [2.24, 2.45) is 0 Å². The smallest absolute Gasteiger partial charge is 0.136 e. The summed E-state index contributed by atoms with van der Waals surface area (Å²) in [7, 11) is 0. The van der Waals surface area contributed by atoms with Crippen LogP contribution in [0.25, 0.3) is 43.9 Å². The zero-order valence-electron chi connectivity index (χ0n) is 17.7. The zero-order valence-corrected chi connectivity index (χ0v) is 17.7. The summed E-state index contributed by atoms with van der Waals surface area (Å²) < 4.78 is 12.4. The molecule has 2 aromatic heterocycles. The van der Waals surface area contributed by atoms with E-state index in [0.29, 0.717) is 0 Å². The second-order valence-corrected chi connectivity index (χ2v) is 8.20. The molecule has 7 rings (SSSR count). The van der Waals surface area contributed by atoms with Gasteiger partial charge in [0.05, 0.1) is 0 Å². The molecule has 0 unspecified atom stereocenters. The number of anilines is 3. The average molecular weight is 425 g/mol. The number of para-hydroxylation sites is 3. The van der Waals surface area contributed by atoms with Gasteiger partial charge in [-0.05, 0) is 60.7 Å². The first-order valence-corrected chi connectivity index (χ1v) is 11.0. The molecular formula is C30H19NO2. The number of rotatable bonds is 3. The van der Waals surface area contributed by atoms with Crippen molar-refractivity contribution >= 4 is 60.9 Å². The van der Waals surface area contributed by atoms with Gasteiger partial charge in [-0.15, -0.1) is 0 Å². The SMILES string of the molecule is c1ccc(N(c2ccccc2)c2ccc3oc4ccc5oc6ccccc6c5c4c3c2)cc1. The average Bonchev–Trinajstić information content (AvgIpc) is 3.43. The number of hydrogen-bond acceptors (Lipinski definition) is 3. The minimum Gasteiger partial charge on any atom is -0.456 e. The summed E-state index contributed by atoms with van der Waals surface area (Å²) in [6.07, 6.45) is 0. The number of furan rings is 2. The Hall–Kier alpha value is -4.50. The topological polar surface area (TPSA) is 29.5 Å². The van der Waals surface area contributed by atoms with E-state index in [-0.39, 0.29) is 0 Å². The Morgan fingerprint density at radius 3 is 1.58 bits per heavy atom. The highest BCUT2D eigenvalue weighted by Gasteiger charge is 2.18. The molecule has 5 aromatic carbocycles. The quantitative estimate of drug-likeness (QED) is 0.283. The van der Waals surface area contributed by atoms with E-state index in [1.807, 2.05) is 36.4 Å². The molecule has 0 fully saturated rings. The lowest BCUT2D eigenvalue weighted by Gasteiger charge is -2.25. The molecule has 0 radical (unpaired) electrons. The van der Waals surface area contributed by atoms with Crippen molar-refractivity contribution in [1.29, 1.82) is 0 Å². The standard InChI is InChI=1S/C30H19NO2/c1-3-9-20(10-4-1)31(21-11-5-2-6-12-21)22-15-16-26-24(19-22)30-28(33-26)18-17-27-29(30)23-13-7-8-14-25(23)32-27/h1-19H. The van der Waals surface area contributed by atoms with Gasteiger partial charge in [0.25, 0.3) is 0 Å². The molecule has 0 saturated heterocycles. The molecule has 0 aliphatic rings. The molecule has 7 aromatic rings. The van der Waals surface area contributed by atoms with Gasteiger partial charge >= 0.3 is 0 Å². The minimum absolute atomic E-state index is 0.868. The fraction of sp³-hybridized carbons (Fsp3) is 0. The van der Waals surface area contributed by atoms with Crippen LogP contribution < -0.4 is 4.90 Å². The minimum atomic E-state index is 0.868. The Labute approximate surface area is 190 Å². The lowest BCUT2D eigenvalue weighted by molar-refractivity contribution is 0.663. The van der Waals surface area contributed by atoms with Crippen LogP contribution in [-0.4, -0.2) is 0 Å². The first-order chi connectivity index (χ1) is 16.4. The van der Waals surface area contributed by atoms with Crippen LogP contribution in [0.2, 0.25) is 0 Å². The zero-order chi connectivity index (χ0) is 21.8. The van der Waals surface area contributed by atoms with Crippen molar-refractivity contribution in [3.8, 4) is 0 Å². The van der Waals surface area contributed by atoms with E-state index < -0.39 is 0 Å². The molecule has 2 heterocycles. The molecular weight excluding hydrogens is 406 g/mol. The molecule has 3 heteroatoms. The highest BCUT2D eigenvalue weighted by atomic mass is 16.3. The Balaban J connectivity index is 1.55. The van der Waals surface area contributed by atoms with E-state index in [4.69, 9.17) is 8.83 Å². The molecule has 0 spiro atoms. The predicted octanol–water partition coefficient (Wildman–Crippen LogP) is 8.96. The van der Waals surface area contributed by atoms with Crippen molar-refractivity contribution < 1.29 is 8.83 Å². The van der Waals surface area contributed by atoms with Crippen LogP contribution in [-0.2, 0) is 0 Å². The summed E-state index contributed by atoms with van der Waals surface area (Å²) in [4.78, 5) is 2.27. The maximum Gasteiger partial charge on any atom is 0.136 e. The molecule has 0 aliphatic carbocycles. The van der Waals surface area contributed by atoms with Gasteiger partial charge in [-0.2, -0.15) is 0 Å². The van der Waals surface area contributed by atoms with Crippen molar-refractivity contribution in [3.05, 3.63) is 115 Å². The van der Waals surface area contributed by atoms with E-state index >= 15 is 0 Å². The summed E-state index contributed by atoms with van der Waals surface area (Å²) in [5, 5.41) is 4.38. The van der Waals surface area contributed by atoms with E-state index in [9.17, 15) is 0 Å². The van der Waals surface area contributed by atoms with Gasteiger partial charge in [0.2, 0.25) is 0 Å². The molecule has 156 valence electrons. The molecule has 0 amide bonds. The molecule has 0 saturated carbocycles. The van der Waals surface area contributed by atoms with Gasteiger partial charge in [-0.1, -0.05) is 54.6 Å². The highest BCUT2D eigenvalue weighted by molar-refractivity contribution is 6.26. The van der Waals surface area contributed by atoms with Gasteiger partial charge in [-0.25, -0.2) is 0 Å². The van der Waals surface area contributed by atoms with Gasteiger partial charge in [0, 0.05) is 38.6 Å². The van der Waals surface area contributed by atoms with Crippen molar-refractivity contribution in [1.82, 2.24) is 0 Å². The van der Waals surface area contributed by atoms with Crippen molar-refractivity contribution in [2.75, 3.05) is 4.90 Å². The number of benzene rings is 5. The number of fused-ring (bicyclic) bond motifs is 7. The monoisotopic (exact) mass is 425 g/mol. The Kier molecular flexibility index (Phi) is 3.84. The van der Waals surface area contributed by atoms with Crippen molar-refractivity contribution in [2.45, 2.75) is 0 Å². The van der Waals surface area contributed by atoms with E-state index in [2.05, 4.69) is 83.8 Å². The third-order valence-electron chi connectivity index (χ3n) is 6.24. The fourth-order valence-corrected chi connectivity index (χ4v) is 4.81. The molecule has 0 N–H and O–H groups in total. The van der Waals surface area contributed by atoms with Crippen LogP contribution in [0.1, 0.15) is 0 Å². The number of nitrogens with zero attached hydrogens (tertiary/aromatic N) is 1. The first kappa shape index (κ1) is 18.1. The van der Waals surface area contributed by atoms with Gasteiger partial charge in [-0.3, -0.25) is 0 Å². The van der Waals surface area contributed by atoms with Gasteiger partial charge in [0.15, 0.2) is 0 Å². The summed E-state index contributed by atoms with van der Waals surface area (Å²) >= 11 is 0. The van der Waals surface area contributed by atoms with Crippen LogP contribution in [0, 0.1) is 0 Å². The summed E-state index contributed by atoms with van der Waals surface area (Å²) in [6, 6.07) is 39.5. The summed E-state index contributed by atoms with van der Waals surface area (Å²) in [5.41, 5.74) is 6.79. The van der Waals surface area contributed by atoms with Crippen LogP contribution in [0.4, 0.5) is 17.1 Å². The predicted molar refractivity (Wildman–Crippen MR) is 136 cm³/mol. The van der Waals surface area contributed by atoms with Crippen LogP contribution >= 0.6 is 0 Å². The van der Waals surface area contributed by atoms with Gasteiger partial charge < -0.3 is 13.7 Å². The maximum atomic E-state index is 6.26. The van der Waals surface area contributed by atoms with E-state index in [1.54, 1.807) is 0 Å². The van der Waals surface area contributed by atoms with Crippen LogP contribution in [0.15, 0.2) is 124 Å². The molecule has 0 aliphatic heterocycles. The number of hydrogen-bond donors (Lipinski definition) is 0. The van der Waals surface area contributed by atoms with E-state index in [0.717, 1.165) is 60.9 Å². The second-order valence-electron chi connectivity index (χ2n) is 8.20. The Bertz CT molecular complexity index is 1720. The normalized spacial score (nSPS) is 11.6. The largest absolute Gasteiger partial charge is 0.456 e. The first-order valence-electron chi connectivity index (χ1n) is 11.0. The summed E-state index contributed by atoms with van der Waals surface area (Å²) in [6.45, 7) is 0. The lowest BCUT2D eigenvalue weighted by Crippen LogP contribution is -2.09. The van der Waals surface area contributed by atoms with Gasteiger partial charge in [0.1, 0.15) is 22.3 Å². The molecule has 0 atom stereocenters. The van der Waals surface area contributed by atoms with Crippen molar-refractivity contribution in [3.63, 3.8) is 0 Å². The maximum absolute atomic E-state index is 6.26.